The highest BCUT2D eigenvalue weighted by Crippen LogP contribution is 2.16. The molecule has 5 nitrogen and oxygen atoms in total. The number of hydrogen-bond donors (Lipinski definition) is 3. The van der Waals surface area contributed by atoms with Gasteiger partial charge in [0.25, 0.3) is 5.91 Å². The Morgan fingerprint density at radius 1 is 1.42 bits per heavy atom. The van der Waals surface area contributed by atoms with Gasteiger partial charge in [-0.15, -0.1) is 0 Å². The lowest BCUT2D eigenvalue weighted by Gasteiger charge is -2.11. The van der Waals surface area contributed by atoms with Crippen molar-refractivity contribution >= 4 is 17.5 Å². The second-order valence-electron chi connectivity index (χ2n) is 4.10. The van der Waals surface area contributed by atoms with E-state index in [0.717, 1.165) is 5.56 Å². The average Bonchev–Trinajstić information content (AvgIpc) is 2.92. The van der Waals surface area contributed by atoms with Gasteiger partial charge in [-0.2, -0.15) is 5.10 Å². The summed E-state index contributed by atoms with van der Waals surface area (Å²) in [6.45, 7) is 0.447. The predicted octanol–water partition coefficient (Wildman–Crippen LogP) is 1.46. The van der Waals surface area contributed by atoms with Gasteiger partial charge in [0, 0.05) is 17.8 Å². The van der Waals surface area contributed by atoms with Gasteiger partial charge < -0.3 is 10.4 Å². The van der Waals surface area contributed by atoms with Crippen molar-refractivity contribution in [3.05, 3.63) is 52.8 Å². The number of aromatic amines is 1. The van der Waals surface area contributed by atoms with E-state index in [4.69, 9.17) is 11.6 Å². The molecule has 0 fully saturated rings. The summed E-state index contributed by atoms with van der Waals surface area (Å²) in [7, 11) is 0. The van der Waals surface area contributed by atoms with E-state index in [1.807, 2.05) is 0 Å². The van der Waals surface area contributed by atoms with Crippen LogP contribution in [0.15, 0.2) is 36.7 Å². The molecule has 0 unspecified atom stereocenters. The van der Waals surface area contributed by atoms with Crippen molar-refractivity contribution in [2.45, 2.75) is 12.5 Å². The molecule has 0 bridgehead atoms. The number of carbonyl (C=O) groups is 1. The summed E-state index contributed by atoms with van der Waals surface area (Å²) in [5.74, 6) is -0.425. The first-order chi connectivity index (χ1) is 9.16. The Morgan fingerprint density at radius 3 is 2.79 bits per heavy atom. The highest BCUT2D eigenvalue weighted by molar-refractivity contribution is 6.30. The zero-order valence-electron chi connectivity index (χ0n) is 10.1. The maximum absolute atomic E-state index is 11.7. The first-order valence-corrected chi connectivity index (χ1v) is 6.23. The third-order valence-electron chi connectivity index (χ3n) is 2.70. The zero-order chi connectivity index (χ0) is 13.7. The van der Waals surface area contributed by atoms with E-state index in [0.29, 0.717) is 23.6 Å². The highest BCUT2D eigenvalue weighted by atomic mass is 35.5. The number of H-pyrrole nitrogens is 1. The van der Waals surface area contributed by atoms with Gasteiger partial charge in [-0.1, -0.05) is 23.7 Å². The number of nitrogens with zero attached hydrogens (tertiary/aromatic N) is 1. The number of carbonyl (C=O) groups excluding carboxylic acids is 1. The van der Waals surface area contributed by atoms with Crippen molar-refractivity contribution in [2.24, 2.45) is 0 Å². The van der Waals surface area contributed by atoms with Crippen LogP contribution in [0.4, 0.5) is 0 Å². The highest BCUT2D eigenvalue weighted by Gasteiger charge is 2.16. The molecule has 100 valence electrons. The van der Waals surface area contributed by atoms with E-state index in [1.54, 1.807) is 36.7 Å². The molecule has 2 aromatic rings. The molecule has 1 amide bonds. The largest absolute Gasteiger partial charge is 0.378 e. The van der Waals surface area contributed by atoms with Crippen LogP contribution in [0.25, 0.3) is 0 Å². The first-order valence-electron chi connectivity index (χ1n) is 5.85. The molecule has 1 aromatic carbocycles. The quantitative estimate of drug-likeness (QED) is 0.775. The molecule has 0 aliphatic rings. The van der Waals surface area contributed by atoms with Gasteiger partial charge in [0.2, 0.25) is 0 Å². The SMILES string of the molecule is O=C(NCCc1cn[nH]c1)[C@H](O)c1ccc(Cl)cc1. The number of nitrogens with one attached hydrogen (secondary N) is 2. The number of halogens is 1. The summed E-state index contributed by atoms with van der Waals surface area (Å²) in [5, 5.41) is 19.6. The zero-order valence-corrected chi connectivity index (χ0v) is 10.9. The number of aliphatic hydroxyl groups is 1. The van der Waals surface area contributed by atoms with E-state index in [9.17, 15) is 9.90 Å². The standard InChI is InChI=1S/C13H14ClN3O2/c14-11-3-1-10(2-4-11)12(18)13(19)15-6-5-9-7-16-17-8-9/h1-4,7-8,12,18H,5-6H2,(H,15,19)(H,16,17)/t12-/m1/s1. The van der Waals surface area contributed by atoms with Gasteiger partial charge in [-0.05, 0) is 29.7 Å². The normalized spacial score (nSPS) is 12.1. The minimum atomic E-state index is -1.18. The van der Waals surface area contributed by atoms with Crippen LogP contribution in [0.5, 0.6) is 0 Å². The lowest BCUT2D eigenvalue weighted by atomic mass is 10.1. The lowest BCUT2D eigenvalue weighted by molar-refractivity contribution is -0.129. The molecule has 0 radical (unpaired) electrons. The summed E-state index contributed by atoms with van der Waals surface area (Å²) >= 11 is 5.75. The van der Waals surface area contributed by atoms with Crippen LogP contribution in [0, 0.1) is 0 Å². The Hall–Kier alpha value is -1.85. The fourth-order valence-corrected chi connectivity index (χ4v) is 1.76. The fourth-order valence-electron chi connectivity index (χ4n) is 1.64. The molecule has 6 heteroatoms. The summed E-state index contributed by atoms with van der Waals surface area (Å²) in [6.07, 6.45) is 2.95. The van der Waals surface area contributed by atoms with Crippen molar-refractivity contribution in [2.75, 3.05) is 6.54 Å². The molecule has 0 spiro atoms. The second kappa shape index (κ2) is 6.36. The van der Waals surface area contributed by atoms with Crippen LogP contribution >= 0.6 is 11.6 Å². The van der Waals surface area contributed by atoms with E-state index < -0.39 is 12.0 Å². The summed E-state index contributed by atoms with van der Waals surface area (Å²) < 4.78 is 0. The third-order valence-corrected chi connectivity index (χ3v) is 2.95. The molecule has 0 saturated heterocycles. The van der Waals surface area contributed by atoms with Crippen LogP contribution < -0.4 is 5.32 Å². The second-order valence-corrected chi connectivity index (χ2v) is 4.54. The van der Waals surface area contributed by atoms with E-state index in [1.165, 1.54) is 0 Å². The van der Waals surface area contributed by atoms with E-state index in [2.05, 4.69) is 15.5 Å². The Balaban J connectivity index is 1.83. The molecule has 1 heterocycles. The van der Waals surface area contributed by atoms with Crippen molar-refractivity contribution in [1.29, 1.82) is 0 Å². The summed E-state index contributed by atoms with van der Waals surface area (Å²) in [4.78, 5) is 11.7. The third kappa shape index (κ3) is 3.81. The number of amides is 1. The minimum Gasteiger partial charge on any atom is -0.378 e. The Labute approximate surface area is 115 Å². The van der Waals surface area contributed by atoms with Crippen LogP contribution in [-0.2, 0) is 11.2 Å². The predicted molar refractivity (Wildman–Crippen MR) is 71.7 cm³/mol. The van der Waals surface area contributed by atoms with E-state index >= 15 is 0 Å². The number of aromatic nitrogens is 2. The van der Waals surface area contributed by atoms with Crippen LogP contribution in [-0.4, -0.2) is 27.8 Å². The molecule has 0 aliphatic heterocycles. The van der Waals surface area contributed by atoms with Gasteiger partial charge >= 0.3 is 0 Å². The molecule has 0 aliphatic carbocycles. The maximum atomic E-state index is 11.7. The Bertz CT molecular complexity index is 525. The number of benzene rings is 1. The number of rotatable bonds is 5. The van der Waals surface area contributed by atoms with Crippen molar-refractivity contribution in [3.63, 3.8) is 0 Å². The molecule has 1 aromatic heterocycles. The lowest BCUT2D eigenvalue weighted by Crippen LogP contribution is -2.30. The molecular weight excluding hydrogens is 266 g/mol. The number of hydrogen-bond acceptors (Lipinski definition) is 3. The number of aliphatic hydroxyl groups excluding tert-OH is 1. The monoisotopic (exact) mass is 279 g/mol. The van der Waals surface area contributed by atoms with E-state index in [-0.39, 0.29) is 0 Å². The minimum absolute atomic E-state index is 0.425. The first kappa shape index (κ1) is 13.6. The van der Waals surface area contributed by atoms with Crippen LogP contribution in [0.1, 0.15) is 17.2 Å². The Morgan fingerprint density at radius 2 is 2.16 bits per heavy atom. The summed E-state index contributed by atoms with van der Waals surface area (Å²) in [6, 6.07) is 6.53. The molecule has 3 N–H and O–H groups in total. The fraction of sp³-hybridized carbons (Fsp3) is 0.231. The molecule has 0 saturated carbocycles. The van der Waals surface area contributed by atoms with Crippen LogP contribution in [0.2, 0.25) is 5.02 Å². The topological polar surface area (TPSA) is 78.0 Å². The molecular formula is C13H14ClN3O2. The van der Waals surface area contributed by atoms with Crippen molar-refractivity contribution in [3.8, 4) is 0 Å². The van der Waals surface area contributed by atoms with Gasteiger partial charge in [0.15, 0.2) is 6.10 Å². The van der Waals surface area contributed by atoms with Crippen molar-refractivity contribution < 1.29 is 9.90 Å². The Kier molecular flexibility index (Phi) is 4.54. The smallest absolute Gasteiger partial charge is 0.253 e. The maximum Gasteiger partial charge on any atom is 0.253 e. The molecule has 19 heavy (non-hydrogen) atoms. The van der Waals surface area contributed by atoms with Gasteiger partial charge in [0.05, 0.1) is 6.20 Å². The van der Waals surface area contributed by atoms with Gasteiger partial charge in [0.1, 0.15) is 0 Å². The van der Waals surface area contributed by atoms with Gasteiger partial charge in [-0.25, -0.2) is 0 Å². The van der Waals surface area contributed by atoms with Gasteiger partial charge in [-0.3, -0.25) is 9.89 Å². The summed E-state index contributed by atoms with van der Waals surface area (Å²) in [5.41, 5.74) is 1.52. The molecule has 1 atom stereocenters. The van der Waals surface area contributed by atoms with Crippen molar-refractivity contribution in [1.82, 2.24) is 15.5 Å². The molecule has 2 rings (SSSR count). The van der Waals surface area contributed by atoms with Crippen LogP contribution in [0.3, 0.4) is 0 Å². The average molecular weight is 280 g/mol.